The van der Waals surface area contributed by atoms with Crippen LogP contribution in [0.25, 0.3) is 0 Å². The number of aryl methyl sites for hydroxylation is 1. The Hall–Kier alpha value is -1.42. The van der Waals surface area contributed by atoms with E-state index in [9.17, 15) is 9.18 Å². The molecule has 0 heterocycles. The number of carbonyl (C=O) groups is 1. The monoisotopic (exact) mass is 238 g/mol. The van der Waals surface area contributed by atoms with E-state index in [0.29, 0.717) is 17.7 Å². The third-order valence-electron chi connectivity index (χ3n) is 2.72. The minimum Gasteiger partial charge on any atom is -0.324 e. The Labute approximate surface area is 101 Å². The normalized spacial score (nSPS) is 14.2. The summed E-state index contributed by atoms with van der Waals surface area (Å²) in [7, 11) is 0. The first-order valence-electron chi connectivity index (χ1n) is 5.73. The van der Waals surface area contributed by atoms with E-state index < -0.39 is 5.54 Å². The summed E-state index contributed by atoms with van der Waals surface area (Å²) in [5.74, 6) is -0.557. The van der Waals surface area contributed by atoms with Crippen LogP contribution in [-0.2, 0) is 4.79 Å². The number of nitrogens with two attached hydrogens (primary N) is 1. The number of benzene rings is 1. The zero-order valence-electron chi connectivity index (χ0n) is 10.5. The smallest absolute Gasteiger partial charge is 0.244 e. The number of anilines is 1. The van der Waals surface area contributed by atoms with Crippen molar-refractivity contribution in [2.45, 2.75) is 39.2 Å². The van der Waals surface area contributed by atoms with E-state index in [4.69, 9.17) is 5.73 Å². The van der Waals surface area contributed by atoms with Crippen LogP contribution in [0, 0.1) is 12.7 Å². The molecule has 0 spiro atoms. The Kier molecular flexibility index (Phi) is 4.23. The summed E-state index contributed by atoms with van der Waals surface area (Å²) in [6, 6.07) is 4.24. The Balaban J connectivity index is 2.81. The van der Waals surface area contributed by atoms with E-state index in [-0.39, 0.29) is 11.7 Å². The van der Waals surface area contributed by atoms with Gasteiger partial charge in [0.25, 0.3) is 0 Å². The van der Waals surface area contributed by atoms with Crippen LogP contribution < -0.4 is 11.1 Å². The molecule has 1 aromatic carbocycles. The largest absolute Gasteiger partial charge is 0.324 e. The third-order valence-corrected chi connectivity index (χ3v) is 2.72. The summed E-state index contributed by atoms with van der Waals surface area (Å²) in [5, 5.41) is 2.73. The van der Waals surface area contributed by atoms with Crippen molar-refractivity contribution in [3.8, 4) is 0 Å². The van der Waals surface area contributed by atoms with Crippen molar-refractivity contribution in [3.05, 3.63) is 29.6 Å². The van der Waals surface area contributed by atoms with E-state index in [0.717, 1.165) is 6.42 Å². The van der Waals surface area contributed by atoms with Gasteiger partial charge < -0.3 is 11.1 Å². The number of amides is 1. The summed E-state index contributed by atoms with van der Waals surface area (Å²) in [6.45, 7) is 5.42. The molecule has 1 unspecified atom stereocenters. The molecule has 0 fully saturated rings. The summed E-state index contributed by atoms with van der Waals surface area (Å²) >= 11 is 0. The van der Waals surface area contributed by atoms with Crippen molar-refractivity contribution in [1.82, 2.24) is 0 Å². The molecule has 0 saturated heterocycles. The fourth-order valence-corrected chi connectivity index (χ4v) is 1.67. The molecule has 1 aromatic rings. The first-order valence-corrected chi connectivity index (χ1v) is 5.73. The van der Waals surface area contributed by atoms with Crippen molar-refractivity contribution in [2.24, 2.45) is 5.73 Å². The fraction of sp³-hybridized carbons (Fsp3) is 0.462. The van der Waals surface area contributed by atoms with Gasteiger partial charge in [0, 0.05) is 5.69 Å². The van der Waals surface area contributed by atoms with Crippen LogP contribution in [-0.4, -0.2) is 11.4 Å². The van der Waals surface area contributed by atoms with Gasteiger partial charge in [0.1, 0.15) is 5.82 Å². The Morgan fingerprint density at radius 1 is 1.53 bits per heavy atom. The average Bonchev–Trinajstić information content (AvgIpc) is 2.22. The topological polar surface area (TPSA) is 55.1 Å². The van der Waals surface area contributed by atoms with Gasteiger partial charge in [0.15, 0.2) is 0 Å². The quantitative estimate of drug-likeness (QED) is 0.847. The highest BCUT2D eigenvalue weighted by atomic mass is 19.1. The molecule has 3 N–H and O–H groups in total. The molecule has 0 saturated carbocycles. The van der Waals surface area contributed by atoms with Crippen LogP contribution in [0.5, 0.6) is 0 Å². The lowest BCUT2D eigenvalue weighted by molar-refractivity contribution is -0.120. The van der Waals surface area contributed by atoms with E-state index in [2.05, 4.69) is 5.32 Å². The Morgan fingerprint density at radius 2 is 2.18 bits per heavy atom. The number of hydrogen-bond acceptors (Lipinski definition) is 2. The number of nitrogens with one attached hydrogen (secondary N) is 1. The molecule has 0 radical (unpaired) electrons. The number of halogens is 1. The average molecular weight is 238 g/mol. The second-order valence-corrected chi connectivity index (χ2v) is 4.58. The standard InChI is InChI=1S/C13H19FN2O/c1-4-7-13(3,15)12(17)16-11-6-5-10(14)8-9(11)2/h5-6,8H,4,7,15H2,1-3H3,(H,16,17). The van der Waals surface area contributed by atoms with Crippen LogP contribution in [0.4, 0.5) is 10.1 Å². The van der Waals surface area contributed by atoms with Gasteiger partial charge in [-0.15, -0.1) is 0 Å². The maximum absolute atomic E-state index is 12.9. The first-order chi connectivity index (χ1) is 7.86. The number of carbonyl (C=O) groups excluding carboxylic acids is 1. The zero-order chi connectivity index (χ0) is 13.1. The molecule has 0 bridgehead atoms. The van der Waals surface area contributed by atoms with Crippen molar-refractivity contribution in [3.63, 3.8) is 0 Å². The van der Waals surface area contributed by atoms with Crippen LogP contribution in [0.15, 0.2) is 18.2 Å². The summed E-state index contributed by atoms with van der Waals surface area (Å²) < 4.78 is 12.9. The minimum absolute atomic E-state index is 0.242. The molecule has 0 aliphatic heterocycles. The van der Waals surface area contributed by atoms with E-state index in [1.54, 1.807) is 19.9 Å². The molecule has 4 heteroatoms. The van der Waals surface area contributed by atoms with E-state index >= 15 is 0 Å². The fourth-order valence-electron chi connectivity index (χ4n) is 1.67. The molecular formula is C13H19FN2O. The van der Waals surface area contributed by atoms with Crippen LogP contribution in [0.3, 0.4) is 0 Å². The minimum atomic E-state index is -0.893. The lowest BCUT2D eigenvalue weighted by Crippen LogP contribution is -2.48. The molecule has 0 aliphatic rings. The number of rotatable bonds is 4. The van der Waals surface area contributed by atoms with Gasteiger partial charge in [-0.3, -0.25) is 4.79 Å². The maximum Gasteiger partial charge on any atom is 0.244 e. The molecule has 1 rings (SSSR count). The van der Waals surface area contributed by atoms with Crippen LogP contribution in [0.2, 0.25) is 0 Å². The Bertz CT molecular complexity index is 416. The maximum atomic E-state index is 12.9. The van der Waals surface area contributed by atoms with Gasteiger partial charge >= 0.3 is 0 Å². The lowest BCUT2D eigenvalue weighted by atomic mass is 9.96. The highest BCUT2D eigenvalue weighted by Crippen LogP contribution is 2.18. The molecule has 0 aliphatic carbocycles. The summed E-state index contributed by atoms with van der Waals surface area (Å²) in [5.41, 5.74) is 6.31. The first kappa shape index (κ1) is 13.6. The molecular weight excluding hydrogens is 219 g/mol. The van der Waals surface area contributed by atoms with Crippen LogP contribution in [0.1, 0.15) is 32.3 Å². The second-order valence-electron chi connectivity index (χ2n) is 4.58. The van der Waals surface area contributed by atoms with Crippen molar-refractivity contribution in [2.75, 3.05) is 5.32 Å². The molecule has 94 valence electrons. The van der Waals surface area contributed by atoms with Crippen LogP contribution >= 0.6 is 0 Å². The molecule has 0 aromatic heterocycles. The number of hydrogen-bond donors (Lipinski definition) is 2. The van der Waals surface area contributed by atoms with Gasteiger partial charge in [0.05, 0.1) is 5.54 Å². The highest BCUT2D eigenvalue weighted by Gasteiger charge is 2.27. The second kappa shape index (κ2) is 5.27. The Morgan fingerprint density at radius 3 is 2.71 bits per heavy atom. The van der Waals surface area contributed by atoms with Gasteiger partial charge in [-0.1, -0.05) is 13.3 Å². The van der Waals surface area contributed by atoms with E-state index in [1.807, 2.05) is 6.92 Å². The highest BCUT2D eigenvalue weighted by molar-refractivity contribution is 5.98. The van der Waals surface area contributed by atoms with Gasteiger partial charge in [-0.05, 0) is 44.0 Å². The van der Waals surface area contributed by atoms with Gasteiger partial charge in [-0.25, -0.2) is 4.39 Å². The predicted octanol–water partition coefficient (Wildman–Crippen LogP) is 2.59. The van der Waals surface area contributed by atoms with Crippen molar-refractivity contribution >= 4 is 11.6 Å². The van der Waals surface area contributed by atoms with E-state index in [1.165, 1.54) is 12.1 Å². The molecule has 1 atom stereocenters. The van der Waals surface area contributed by atoms with Gasteiger partial charge in [0.2, 0.25) is 5.91 Å². The summed E-state index contributed by atoms with van der Waals surface area (Å²) in [4.78, 5) is 11.9. The molecule has 17 heavy (non-hydrogen) atoms. The summed E-state index contributed by atoms with van der Waals surface area (Å²) in [6.07, 6.45) is 1.45. The van der Waals surface area contributed by atoms with Crippen molar-refractivity contribution < 1.29 is 9.18 Å². The van der Waals surface area contributed by atoms with Crippen molar-refractivity contribution in [1.29, 1.82) is 0 Å². The predicted molar refractivity (Wildman–Crippen MR) is 67.3 cm³/mol. The molecule has 1 amide bonds. The lowest BCUT2D eigenvalue weighted by Gasteiger charge is -2.23. The van der Waals surface area contributed by atoms with Gasteiger partial charge in [-0.2, -0.15) is 0 Å². The SMILES string of the molecule is CCCC(C)(N)C(=O)Nc1ccc(F)cc1C. The molecule has 3 nitrogen and oxygen atoms in total. The third kappa shape index (κ3) is 3.53. The zero-order valence-corrected chi connectivity index (χ0v) is 10.5.